The lowest BCUT2D eigenvalue weighted by atomic mass is 10.1. The Bertz CT molecular complexity index is 1520. The van der Waals surface area contributed by atoms with Gasteiger partial charge in [-0.15, -0.1) is 0 Å². The summed E-state index contributed by atoms with van der Waals surface area (Å²) in [5.74, 6) is -2.76. The Kier molecular flexibility index (Phi) is 10.9. The maximum atomic E-state index is 14.4. The third-order valence-corrected chi connectivity index (χ3v) is 5.63. The van der Waals surface area contributed by atoms with Gasteiger partial charge in [0.1, 0.15) is 17.3 Å². The van der Waals surface area contributed by atoms with Gasteiger partial charge in [-0.25, -0.2) is 14.0 Å². The molecule has 3 rings (SSSR count). The van der Waals surface area contributed by atoms with Crippen molar-refractivity contribution in [1.29, 1.82) is 0 Å². The van der Waals surface area contributed by atoms with Crippen LogP contribution in [0.5, 0.6) is 11.5 Å². The number of carbonyl (C=O) groups excluding carboxylic acids is 2. The molecular formula is C28H22F4N2O9. The van der Waals surface area contributed by atoms with Crippen molar-refractivity contribution in [1.82, 2.24) is 0 Å². The van der Waals surface area contributed by atoms with Crippen LogP contribution in [-0.2, 0) is 16.0 Å². The first kappa shape index (κ1) is 32.2. The van der Waals surface area contributed by atoms with E-state index in [1.54, 1.807) is 0 Å². The molecule has 43 heavy (non-hydrogen) atoms. The van der Waals surface area contributed by atoms with Gasteiger partial charge in [0.05, 0.1) is 34.7 Å². The summed E-state index contributed by atoms with van der Waals surface area (Å²) in [6.07, 6.45) is -3.25. The minimum Gasteiger partial charge on any atom is -0.493 e. The minimum absolute atomic E-state index is 0.0430. The topological polar surface area (TPSA) is 148 Å². The Morgan fingerprint density at radius 3 is 2.21 bits per heavy atom. The largest absolute Gasteiger partial charge is 0.493 e. The Labute approximate surface area is 240 Å². The highest BCUT2D eigenvalue weighted by Crippen LogP contribution is 2.26. The minimum atomic E-state index is -4.32. The van der Waals surface area contributed by atoms with E-state index in [9.17, 15) is 47.4 Å². The van der Waals surface area contributed by atoms with Crippen molar-refractivity contribution < 1.29 is 51.2 Å². The number of nitrogens with zero attached hydrogens (tertiary/aromatic N) is 2. The summed E-state index contributed by atoms with van der Waals surface area (Å²) in [6, 6.07) is 12.1. The number of alkyl halides is 3. The first-order valence-corrected chi connectivity index (χ1v) is 12.4. The van der Waals surface area contributed by atoms with Crippen molar-refractivity contribution in [3.63, 3.8) is 0 Å². The Morgan fingerprint density at radius 1 is 0.884 bits per heavy atom. The molecule has 0 aliphatic heterocycles. The Balaban J connectivity index is 1.48. The summed E-state index contributed by atoms with van der Waals surface area (Å²) in [5, 5.41) is 22.0. The van der Waals surface area contributed by atoms with Gasteiger partial charge < -0.3 is 14.2 Å². The summed E-state index contributed by atoms with van der Waals surface area (Å²) < 4.78 is 66.1. The second-order valence-electron chi connectivity index (χ2n) is 8.75. The normalized spacial score (nSPS) is 11.3. The van der Waals surface area contributed by atoms with Gasteiger partial charge in [0.25, 0.3) is 11.4 Å². The fourth-order valence-corrected chi connectivity index (χ4v) is 3.54. The van der Waals surface area contributed by atoms with Crippen LogP contribution in [0.15, 0.2) is 66.7 Å². The van der Waals surface area contributed by atoms with E-state index < -0.39 is 57.1 Å². The Morgan fingerprint density at radius 2 is 1.58 bits per heavy atom. The lowest BCUT2D eigenvalue weighted by molar-refractivity contribution is -0.394. The van der Waals surface area contributed by atoms with E-state index >= 15 is 0 Å². The van der Waals surface area contributed by atoms with Crippen LogP contribution >= 0.6 is 0 Å². The second kappa shape index (κ2) is 14.5. The van der Waals surface area contributed by atoms with Crippen LogP contribution in [0, 0.1) is 26.0 Å². The molecule has 0 unspecified atom stereocenters. The van der Waals surface area contributed by atoms with Crippen LogP contribution < -0.4 is 9.47 Å². The molecule has 0 heterocycles. The molecule has 0 N–H and O–H groups in total. The quantitative estimate of drug-likeness (QED) is 0.0411. The fourth-order valence-electron chi connectivity index (χ4n) is 3.54. The van der Waals surface area contributed by atoms with Crippen molar-refractivity contribution >= 4 is 29.4 Å². The summed E-state index contributed by atoms with van der Waals surface area (Å²) in [7, 11) is 0. The predicted molar refractivity (Wildman–Crippen MR) is 142 cm³/mol. The van der Waals surface area contributed by atoms with Gasteiger partial charge in [0.15, 0.2) is 0 Å². The molecule has 0 atom stereocenters. The summed E-state index contributed by atoms with van der Waals surface area (Å²) >= 11 is 0. The van der Waals surface area contributed by atoms with Gasteiger partial charge in [0, 0.05) is 36.6 Å². The molecule has 0 bridgehead atoms. The summed E-state index contributed by atoms with van der Waals surface area (Å²) in [4.78, 5) is 44.9. The molecule has 0 aromatic heterocycles. The lowest BCUT2D eigenvalue weighted by Crippen LogP contribution is -2.11. The zero-order valence-corrected chi connectivity index (χ0v) is 22.0. The predicted octanol–water partition coefficient (Wildman–Crippen LogP) is 6.38. The van der Waals surface area contributed by atoms with Crippen molar-refractivity contribution in [2.45, 2.75) is 25.4 Å². The standard InChI is InChI=1S/C28H22F4N2O9/c29-24-17-22(41-14-1-13-28(30,31)32)9-10-23(24)27(36)43-21-7-2-18(3-8-21)4-11-26(35)42-15-12-19-5-6-20(33(37)38)16-25(19)34(39)40/h2-11,16-17H,1,12-15H2. The third kappa shape index (κ3) is 10.2. The molecule has 0 spiro atoms. The zero-order chi connectivity index (χ0) is 31.6. The van der Waals surface area contributed by atoms with E-state index in [4.69, 9.17) is 14.2 Å². The van der Waals surface area contributed by atoms with E-state index in [-0.39, 0.29) is 43.1 Å². The molecule has 3 aromatic carbocycles. The number of halogens is 4. The molecule has 15 heteroatoms. The molecule has 0 radical (unpaired) electrons. The van der Waals surface area contributed by atoms with Crippen LogP contribution in [-0.4, -0.2) is 41.2 Å². The number of non-ortho nitro benzene ring substituents is 1. The summed E-state index contributed by atoms with van der Waals surface area (Å²) in [6.45, 7) is -0.507. The first-order valence-electron chi connectivity index (χ1n) is 12.4. The number of carbonyl (C=O) groups is 2. The number of esters is 2. The van der Waals surface area contributed by atoms with E-state index in [1.165, 1.54) is 42.5 Å². The average Bonchev–Trinajstić information content (AvgIpc) is 2.94. The van der Waals surface area contributed by atoms with Gasteiger partial charge in [-0.2, -0.15) is 13.2 Å². The lowest BCUT2D eigenvalue weighted by Gasteiger charge is -2.10. The monoisotopic (exact) mass is 606 g/mol. The molecule has 226 valence electrons. The van der Waals surface area contributed by atoms with Crippen LogP contribution in [0.3, 0.4) is 0 Å². The maximum absolute atomic E-state index is 14.4. The molecule has 0 saturated carbocycles. The number of hydrogen-bond acceptors (Lipinski definition) is 9. The number of nitro benzene ring substituents is 2. The molecule has 0 aliphatic rings. The van der Waals surface area contributed by atoms with Crippen LogP contribution in [0.25, 0.3) is 6.08 Å². The highest BCUT2D eigenvalue weighted by Gasteiger charge is 2.26. The number of nitro groups is 2. The van der Waals surface area contributed by atoms with E-state index in [1.807, 2.05) is 0 Å². The van der Waals surface area contributed by atoms with Gasteiger partial charge in [-0.1, -0.05) is 12.1 Å². The van der Waals surface area contributed by atoms with Gasteiger partial charge >= 0.3 is 18.1 Å². The highest BCUT2D eigenvalue weighted by molar-refractivity contribution is 5.91. The van der Waals surface area contributed by atoms with Crippen molar-refractivity contribution in [2.75, 3.05) is 13.2 Å². The van der Waals surface area contributed by atoms with Gasteiger partial charge in [-0.05, 0) is 48.4 Å². The van der Waals surface area contributed by atoms with Crippen LogP contribution in [0.1, 0.15) is 34.3 Å². The molecule has 3 aromatic rings. The molecule has 11 nitrogen and oxygen atoms in total. The van der Waals surface area contributed by atoms with E-state index in [0.29, 0.717) is 5.56 Å². The molecule has 0 fully saturated rings. The van der Waals surface area contributed by atoms with Crippen molar-refractivity contribution in [2.24, 2.45) is 0 Å². The SMILES string of the molecule is O=C(C=Cc1ccc(OC(=O)c2ccc(OCCCC(F)(F)F)cc2F)cc1)OCCc1ccc([N+](=O)[O-])cc1[N+](=O)[O-]. The van der Waals surface area contributed by atoms with Crippen LogP contribution in [0.4, 0.5) is 28.9 Å². The zero-order valence-electron chi connectivity index (χ0n) is 22.0. The second-order valence-corrected chi connectivity index (χ2v) is 8.75. The fraction of sp³-hybridized carbons (Fsp3) is 0.214. The molecule has 0 amide bonds. The van der Waals surface area contributed by atoms with Gasteiger partial charge in [0.2, 0.25) is 0 Å². The Hall–Kier alpha value is -5.34. The van der Waals surface area contributed by atoms with Gasteiger partial charge in [-0.3, -0.25) is 20.2 Å². The number of benzene rings is 3. The molecule has 0 saturated heterocycles. The van der Waals surface area contributed by atoms with E-state index in [2.05, 4.69) is 0 Å². The third-order valence-electron chi connectivity index (χ3n) is 5.63. The van der Waals surface area contributed by atoms with E-state index in [0.717, 1.165) is 30.3 Å². The molecular weight excluding hydrogens is 584 g/mol. The number of rotatable bonds is 13. The first-order chi connectivity index (χ1) is 20.3. The van der Waals surface area contributed by atoms with Crippen molar-refractivity contribution in [3.8, 4) is 11.5 Å². The highest BCUT2D eigenvalue weighted by atomic mass is 19.4. The van der Waals surface area contributed by atoms with Crippen LogP contribution in [0.2, 0.25) is 0 Å². The molecule has 0 aliphatic carbocycles. The summed E-state index contributed by atoms with van der Waals surface area (Å²) in [5.41, 5.74) is -0.671. The maximum Gasteiger partial charge on any atom is 0.389 e. The smallest absolute Gasteiger partial charge is 0.389 e. The number of hydrogen-bond donors (Lipinski definition) is 0. The van der Waals surface area contributed by atoms with Crippen molar-refractivity contribution in [3.05, 3.63) is 109 Å². The average molecular weight is 606 g/mol. The number of ether oxygens (including phenoxy) is 3.